The average Bonchev–Trinajstić information content (AvgIpc) is 2.65. The standard InChI is InChI=1S/C19H22N4O/c24-19(18-6-10-20-11-7-18)22-21-14-16-8-12-23(13-9-16)15-17-4-2-1-3-5-17/h1-7,10-11,14,16H,8-9,12-13,15H2,(H,22,24). The first-order chi connectivity index (χ1) is 11.8. The Hall–Kier alpha value is -2.53. The molecule has 1 aliphatic heterocycles. The Bertz CT molecular complexity index is 664. The molecule has 0 saturated carbocycles. The summed E-state index contributed by atoms with van der Waals surface area (Å²) in [6.07, 6.45) is 7.21. The Balaban J connectivity index is 1.41. The zero-order valence-electron chi connectivity index (χ0n) is 13.6. The molecule has 1 fully saturated rings. The maximum absolute atomic E-state index is 11.9. The molecule has 1 amide bonds. The van der Waals surface area contributed by atoms with Gasteiger partial charge in [-0.15, -0.1) is 0 Å². The molecule has 2 aromatic rings. The number of piperidine rings is 1. The van der Waals surface area contributed by atoms with Crippen molar-refractivity contribution in [1.29, 1.82) is 0 Å². The van der Waals surface area contributed by atoms with Gasteiger partial charge in [-0.1, -0.05) is 30.3 Å². The van der Waals surface area contributed by atoms with Crippen molar-refractivity contribution in [3.05, 3.63) is 66.0 Å². The van der Waals surface area contributed by atoms with Crippen molar-refractivity contribution in [3.8, 4) is 0 Å². The number of aromatic nitrogens is 1. The second-order valence-electron chi connectivity index (χ2n) is 6.05. The fourth-order valence-corrected chi connectivity index (χ4v) is 2.87. The van der Waals surface area contributed by atoms with Crippen LogP contribution in [0.4, 0.5) is 0 Å². The summed E-state index contributed by atoms with van der Waals surface area (Å²) in [6.45, 7) is 3.12. The molecule has 0 spiro atoms. The third kappa shape index (κ3) is 4.73. The highest BCUT2D eigenvalue weighted by atomic mass is 16.2. The third-order valence-corrected chi connectivity index (χ3v) is 4.28. The zero-order valence-corrected chi connectivity index (χ0v) is 13.6. The van der Waals surface area contributed by atoms with Crippen molar-refractivity contribution >= 4 is 12.1 Å². The van der Waals surface area contributed by atoms with E-state index in [-0.39, 0.29) is 5.91 Å². The van der Waals surface area contributed by atoms with E-state index in [0.717, 1.165) is 32.5 Å². The van der Waals surface area contributed by atoms with Gasteiger partial charge in [-0.25, -0.2) is 5.43 Å². The molecule has 0 unspecified atom stereocenters. The van der Waals surface area contributed by atoms with Crippen molar-refractivity contribution in [3.63, 3.8) is 0 Å². The van der Waals surface area contributed by atoms with Crippen LogP contribution in [-0.4, -0.2) is 35.1 Å². The number of carbonyl (C=O) groups excluding carboxylic acids is 1. The SMILES string of the molecule is O=C(NN=CC1CCN(Cc2ccccc2)CC1)c1ccncc1. The summed E-state index contributed by atoms with van der Waals surface area (Å²) in [4.78, 5) is 18.2. The summed E-state index contributed by atoms with van der Waals surface area (Å²) in [7, 11) is 0. The van der Waals surface area contributed by atoms with Crippen LogP contribution < -0.4 is 5.43 Å². The summed E-state index contributed by atoms with van der Waals surface area (Å²) in [5, 5.41) is 4.12. The van der Waals surface area contributed by atoms with Crippen LogP contribution in [0.15, 0.2) is 60.0 Å². The number of carbonyl (C=O) groups is 1. The number of nitrogens with zero attached hydrogens (tertiary/aromatic N) is 3. The maximum Gasteiger partial charge on any atom is 0.271 e. The van der Waals surface area contributed by atoms with Crippen LogP contribution in [-0.2, 0) is 6.54 Å². The second-order valence-corrected chi connectivity index (χ2v) is 6.05. The number of nitrogens with one attached hydrogen (secondary N) is 1. The van der Waals surface area contributed by atoms with Crippen LogP contribution in [0.2, 0.25) is 0 Å². The molecule has 1 aromatic carbocycles. The minimum absolute atomic E-state index is 0.199. The summed E-state index contributed by atoms with van der Waals surface area (Å²) in [6, 6.07) is 13.9. The van der Waals surface area contributed by atoms with E-state index in [4.69, 9.17) is 0 Å². The molecule has 1 aliphatic rings. The summed E-state index contributed by atoms with van der Waals surface area (Å²) in [5.74, 6) is 0.227. The smallest absolute Gasteiger partial charge is 0.271 e. The summed E-state index contributed by atoms with van der Waals surface area (Å²) < 4.78 is 0. The van der Waals surface area contributed by atoms with E-state index >= 15 is 0 Å². The lowest BCUT2D eigenvalue weighted by atomic mass is 9.98. The quantitative estimate of drug-likeness (QED) is 0.680. The predicted octanol–water partition coefficient (Wildman–Crippen LogP) is 2.71. The van der Waals surface area contributed by atoms with Gasteiger partial charge in [-0.3, -0.25) is 14.7 Å². The molecular weight excluding hydrogens is 300 g/mol. The number of hydrazone groups is 1. The fraction of sp³-hybridized carbons (Fsp3) is 0.316. The van der Waals surface area contributed by atoms with Gasteiger partial charge in [-0.05, 0) is 49.5 Å². The number of benzene rings is 1. The Morgan fingerprint density at radius 1 is 1.17 bits per heavy atom. The first kappa shape index (κ1) is 16.3. The molecule has 5 nitrogen and oxygen atoms in total. The van der Waals surface area contributed by atoms with E-state index in [1.54, 1.807) is 24.5 Å². The average molecular weight is 322 g/mol. The number of pyridine rings is 1. The normalized spacial score (nSPS) is 16.3. The van der Waals surface area contributed by atoms with E-state index in [0.29, 0.717) is 11.5 Å². The van der Waals surface area contributed by atoms with Crippen LogP contribution in [0.3, 0.4) is 0 Å². The molecule has 1 N–H and O–H groups in total. The monoisotopic (exact) mass is 322 g/mol. The van der Waals surface area contributed by atoms with E-state index in [1.165, 1.54) is 5.56 Å². The summed E-state index contributed by atoms with van der Waals surface area (Å²) >= 11 is 0. The molecule has 0 bridgehead atoms. The van der Waals surface area contributed by atoms with Crippen molar-refractivity contribution in [2.45, 2.75) is 19.4 Å². The molecule has 1 saturated heterocycles. The van der Waals surface area contributed by atoms with Crippen LogP contribution in [0.1, 0.15) is 28.8 Å². The van der Waals surface area contributed by atoms with E-state index in [9.17, 15) is 4.79 Å². The van der Waals surface area contributed by atoms with Gasteiger partial charge in [-0.2, -0.15) is 5.10 Å². The lowest BCUT2D eigenvalue weighted by molar-refractivity contribution is 0.0954. The minimum Gasteiger partial charge on any atom is -0.299 e. The molecule has 5 heteroatoms. The lowest BCUT2D eigenvalue weighted by Gasteiger charge is -2.30. The van der Waals surface area contributed by atoms with E-state index < -0.39 is 0 Å². The Kier molecular flexibility index (Phi) is 5.69. The summed E-state index contributed by atoms with van der Waals surface area (Å²) in [5.41, 5.74) is 4.51. The molecule has 2 heterocycles. The van der Waals surface area contributed by atoms with E-state index in [2.05, 4.69) is 44.7 Å². The Morgan fingerprint density at radius 3 is 2.58 bits per heavy atom. The molecule has 3 rings (SSSR count). The Morgan fingerprint density at radius 2 is 1.88 bits per heavy atom. The largest absolute Gasteiger partial charge is 0.299 e. The first-order valence-corrected chi connectivity index (χ1v) is 8.31. The number of likely N-dealkylation sites (tertiary alicyclic amines) is 1. The van der Waals surface area contributed by atoms with Crippen molar-refractivity contribution < 1.29 is 4.79 Å². The van der Waals surface area contributed by atoms with Crippen molar-refractivity contribution in [2.24, 2.45) is 11.0 Å². The first-order valence-electron chi connectivity index (χ1n) is 8.31. The minimum atomic E-state index is -0.199. The molecule has 124 valence electrons. The zero-order chi connectivity index (χ0) is 16.6. The van der Waals surface area contributed by atoms with Gasteiger partial charge < -0.3 is 0 Å². The predicted molar refractivity (Wildman–Crippen MR) is 94.6 cm³/mol. The van der Waals surface area contributed by atoms with Gasteiger partial charge in [0.1, 0.15) is 0 Å². The van der Waals surface area contributed by atoms with Gasteiger partial charge >= 0.3 is 0 Å². The molecule has 24 heavy (non-hydrogen) atoms. The molecule has 0 aliphatic carbocycles. The number of amides is 1. The molecule has 0 atom stereocenters. The lowest BCUT2D eigenvalue weighted by Crippen LogP contribution is -2.34. The highest BCUT2D eigenvalue weighted by molar-refractivity contribution is 5.94. The maximum atomic E-state index is 11.9. The van der Waals surface area contributed by atoms with Crippen molar-refractivity contribution in [1.82, 2.24) is 15.3 Å². The molecular formula is C19H22N4O. The highest BCUT2D eigenvalue weighted by Crippen LogP contribution is 2.17. The molecule has 0 radical (unpaired) electrons. The van der Waals surface area contributed by atoms with Gasteiger partial charge in [0.05, 0.1) is 0 Å². The molecule has 1 aromatic heterocycles. The number of hydrogen-bond donors (Lipinski definition) is 1. The van der Waals surface area contributed by atoms with Gasteiger partial charge in [0, 0.05) is 30.7 Å². The highest BCUT2D eigenvalue weighted by Gasteiger charge is 2.17. The van der Waals surface area contributed by atoms with Gasteiger partial charge in [0.25, 0.3) is 5.91 Å². The van der Waals surface area contributed by atoms with Crippen LogP contribution in [0, 0.1) is 5.92 Å². The van der Waals surface area contributed by atoms with Crippen LogP contribution in [0.25, 0.3) is 0 Å². The fourth-order valence-electron chi connectivity index (χ4n) is 2.87. The topological polar surface area (TPSA) is 57.6 Å². The van der Waals surface area contributed by atoms with Gasteiger partial charge in [0.2, 0.25) is 0 Å². The third-order valence-electron chi connectivity index (χ3n) is 4.28. The number of rotatable bonds is 5. The van der Waals surface area contributed by atoms with Crippen LogP contribution in [0.5, 0.6) is 0 Å². The van der Waals surface area contributed by atoms with E-state index in [1.807, 2.05) is 12.3 Å². The van der Waals surface area contributed by atoms with Crippen LogP contribution >= 0.6 is 0 Å². The number of hydrogen-bond acceptors (Lipinski definition) is 4. The van der Waals surface area contributed by atoms with Crippen molar-refractivity contribution in [2.75, 3.05) is 13.1 Å². The Labute approximate surface area is 142 Å². The van der Waals surface area contributed by atoms with Gasteiger partial charge in [0.15, 0.2) is 0 Å². The second kappa shape index (κ2) is 8.36.